The maximum absolute atomic E-state index is 13.7. The number of aromatic nitrogens is 1. The first-order valence-corrected chi connectivity index (χ1v) is 10.8. The van der Waals surface area contributed by atoms with Gasteiger partial charge in [0.05, 0.1) is 22.9 Å². The van der Waals surface area contributed by atoms with Gasteiger partial charge >= 0.3 is 0 Å². The normalized spacial score (nSPS) is 20.6. The first-order valence-electron chi connectivity index (χ1n) is 9.18. The van der Waals surface area contributed by atoms with Gasteiger partial charge in [0.1, 0.15) is 5.82 Å². The first-order chi connectivity index (χ1) is 12.9. The van der Waals surface area contributed by atoms with Gasteiger partial charge in [-0.25, -0.2) is 17.5 Å². The van der Waals surface area contributed by atoms with E-state index in [0.717, 1.165) is 31.4 Å². The molecule has 1 saturated carbocycles. The Labute approximate surface area is 157 Å². The molecule has 27 heavy (non-hydrogen) atoms. The van der Waals surface area contributed by atoms with Crippen LogP contribution >= 0.6 is 0 Å². The highest BCUT2D eigenvalue weighted by atomic mass is 32.2. The molecule has 1 amide bonds. The van der Waals surface area contributed by atoms with E-state index in [1.165, 1.54) is 18.2 Å². The van der Waals surface area contributed by atoms with E-state index in [1.54, 1.807) is 6.07 Å². The third-order valence-electron chi connectivity index (χ3n) is 4.96. The molecule has 6 nitrogen and oxygen atoms in total. The molecular weight excluding hydrogens is 371 g/mol. The van der Waals surface area contributed by atoms with Crippen molar-refractivity contribution in [3.63, 3.8) is 0 Å². The van der Waals surface area contributed by atoms with Crippen LogP contribution in [0.2, 0.25) is 0 Å². The van der Waals surface area contributed by atoms with Crippen molar-refractivity contribution in [3.05, 3.63) is 41.3 Å². The monoisotopic (exact) mass is 392 g/mol. The molecule has 0 bridgehead atoms. The lowest BCUT2D eigenvalue weighted by Crippen LogP contribution is -2.38. The smallest absolute Gasteiger partial charge is 0.265 e. The Morgan fingerprint density at radius 1 is 1.22 bits per heavy atom. The van der Waals surface area contributed by atoms with Crippen molar-refractivity contribution >= 4 is 26.8 Å². The fraction of sp³-hybridized carbons (Fsp3) is 0.474. The highest BCUT2D eigenvalue weighted by molar-refractivity contribution is 7.90. The lowest BCUT2D eigenvalue weighted by molar-refractivity contribution is 0.0304. The van der Waals surface area contributed by atoms with Crippen LogP contribution in [0.5, 0.6) is 0 Å². The van der Waals surface area contributed by atoms with Gasteiger partial charge in [0, 0.05) is 23.6 Å². The van der Waals surface area contributed by atoms with Crippen molar-refractivity contribution in [1.82, 2.24) is 9.71 Å². The Hall–Kier alpha value is -2.06. The molecule has 1 unspecified atom stereocenters. The number of nitrogens with one attached hydrogen (secondary N) is 1. The number of carbonyl (C=O) groups excluding carboxylic acids is 1. The summed E-state index contributed by atoms with van der Waals surface area (Å²) in [5, 5.41) is 0.306. The van der Waals surface area contributed by atoms with Gasteiger partial charge in [0.25, 0.3) is 5.91 Å². The molecule has 2 heterocycles. The first kappa shape index (κ1) is 18.3. The fourth-order valence-corrected chi connectivity index (χ4v) is 4.64. The molecule has 0 radical (unpaired) electrons. The summed E-state index contributed by atoms with van der Waals surface area (Å²) < 4.78 is 46.1. The number of sulfonamides is 1. The molecule has 1 N–H and O–H groups in total. The van der Waals surface area contributed by atoms with Crippen molar-refractivity contribution < 1.29 is 22.3 Å². The Morgan fingerprint density at radius 3 is 2.74 bits per heavy atom. The lowest BCUT2D eigenvalue weighted by atomic mass is 10.1. The number of nitrogens with zero attached hydrogens (tertiary/aromatic N) is 1. The number of amides is 1. The minimum Gasteiger partial charge on any atom is -0.377 e. The summed E-state index contributed by atoms with van der Waals surface area (Å²) in [6.45, 7) is 0.535. The van der Waals surface area contributed by atoms with E-state index in [0.29, 0.717) is 23.9 Å². The van der Waals surface area contributed by atoms with Crippen LogP contribution in [0.3, 0.4) is 0 Å². The van der Waals surface area contributed by atoms with Gasteiger partial charge in [-0.3, -0.25) is 9.78 Å². The summed E-state index contributed by atoms with van der Waals surface area (Å²) in [6, 6.07) is 5.59. The molecule has 1 saturated heterocycles. The highest BCUT2D eigenvalue weighted by Gasteiger charge is 2.29. The third kappa shape index (κ3) is 4.27. The number of hydrogen-bond donors (Lipinski definition) is 1. The number of ether oxygens (including phenoxy) is 1. The second-order valence-corrected chi connectivity index (χ2v) is 9.00. The molecule has 8 heteroatoms. The highest BCUT2D eigenvalue weighted by Crippen LogP contribution is 2.40. The maximum Gasteiger partial charge on any atom is 0.265 e. The minimum atomic E-state index is -3.86. The van der Waals surface area contributed by atoms with Gasteiger partial charge < -0.3 is 4.74 Å². The molecule has 144 valence electrons. The summed E-state index contributed by atoms with van der Waals surface area (Å²) in [5.41, 5.74) is 1.36. The molecule has 1 aromatic carbocycles. The van der Waals surface area contributed by atoms with Gasteiger partial charge in [-0.1, -0.05) is 0 Å². The van der Waals surface area contributed by atoms with Gasteiger partial charge in [-0.05, 0) is 56.4 Å². The predicted octanol–water partition coefficient (Wildman–Crippen LogP) is 2.88. The molecule has 2 fully saturated rings. The summed E-state index contributed by atoms with van der Waals surface area (Å²) in [5.74, 6) is -1.24. The third-order valence-corrected chi connectivity index (χ3v) is 6.27. The SMILES string of the molecule is O=C(NS(=O)(=O)CC1CCCCO1)c1cc(C2CC2)nc2ccc(F)cc12. The Morgan fingerprint density at radius 2 is 2.04 bits per heavy atom. The van der Waals surface area contributed by atoms with E-state index in [4.69, 9.17) is 4.74 Å². The average Bonchev–Trinajstić information content (AvgIpc) is 3.46. The Bertz CT molecular complexity index is 983. The average molecular weight is 392 g/mol. The second kappa shape index (κ2) is 7.16. The Kier molecular flexibility index (Phi) is 4.86. The van der Waals surface area contributed by atoms with Crippen molar-refractivity contribution in [3.8, 4) is 0 Å². The fourth-order valence-electron chi connectivity index (χ4n) is 3.42. The number of fused-ring (bicyclic) bond motifs is 1. The zero-order chi connectivity index (χ0) is 19.0. The molecule has 2 aliphatic rings. The molecule has 1 aliphatic carbocycles. The van der Waals surface area contributed by atoms with Crippen molar-refractivity contribution in [1.29, 1.82) is 0 Å². The van der Waals surface area contributed by atoms with Gasteiger partial charge in [-0.15, -0.1) is 0 Å². The molecule has 0 spiro atoms. The van der Waals surface area contributed by atoms with Crippen LogP contribution in [0.1, 0.15) is 54.1 Å². The Balaban J connectivity index is 1.62. The largest absolute Gasteiger partial charge is 0.377 e. The quantitative estimate of drug-likeness (QED) is 0.846. The van der Waals surface area contributed by atoms with Crippen molar-refractivity contribution in [2.24, 2.45) is 0 Å². The van der Waals surface area contributed by atoms with E-state index in [-0.39, 0.29) is 17.2 Å². The van der Waals surface area contributed by atoms with Crippen LogP contribution in [0.4, 0.5) is 4.39 Å². The van der Waals surface area contributed by atoms with Crippen LogP contribution in [-0.4, -0.2) is 37.8 Å². The van der Waals surface area contributed by atoms with E-state index in [1.807, 2.05) is 0 Å². The van der Waals surface area contributed by atoms with E-state index >= 15 is 0 Å². The van der Waals surface area contributed by atoms with Crippen LogP contribution in [-0.2, 0) is 14.8 Å². The number of hydrogen-bond acceptors (Lipinski definition) is 5. The van der Waals surface area contributed by atoms with Crippen LogP contribution < -0.4 is 4.72 Å². The maximum atomic E-state index is 13.7. The van der Waals surface area contributed by atoms with Crippen LogP contribution in [0.15, 0.2) is 24.3 Å². The molecule has 1 aliphatic heterocycles. The van der Waals surface area contributed by atoms with Gasteiger partial charge in [0.2, 0.25) is 10.0 Å². The second-order valence-electron chi connectivity index (χ2n) is 7.23. The lowest BCUT2D eigenvalue weighted by Gasteiger charge is -2.22. The van der Waals surface area contributed by atoms with Gasteiger partial charge in [0.15, 0.2) is 0 Å². The zero-order valence-corrected chi connectivity index (χ0v) is 15.6. The van der Waals surface area contributed by atoms with Crippen LogP contribution in [0, 0.1) is 5.82 Å². The number of carbonyl (C=O) groups is 1. The summed E-state index contributed by atoms with van der Waals surface area (Å²) >= 11 is 0. The van der Waals surface area contributed by atoms with Crippen LogP contribution in [0.25, 0.3) is 10.9 Å². The van der Waals surface area contributed by atoms with E-state index in [9.17, 15) is 17.6 Å². The number of benzene rings is 1. The van der Waals surface area contributed by atoms with E-state index in [2.05, 4.69) is 9.71 Å². The molecule has 4 rings (SSSR count). The van der Waals surface area contributed by atoms with E-state index < -0.39 is 27.9 Å². The molecule has 2 aromatic rings. The standard InChI is InChI=1S/C19H21FN2O4S/c20-13-6-7-17-15(9-13)16(10-18(21-17)12-4-5-12)19(23)22-27(24,25)11-14-3-1-2-8-26-14/h6-7,9-10,12,14H,1-5,8,11H2,(H,22,23). The topological polar surface area (TPSA) is 85.4 Å². The van der Waals surface area contributed by atoms with Crippen molar-refractivity contribution in [2.45, 2.75) is 44.1 Å². The number of rotatable bonds is 5. The summed E-state index contributed by atoms with van der Waals surface area (Å²) in [6.07, 6.45) is 4.05. The molecular formula is C19H21FN2O4S. The minimum absolute atomic E-state index is 0.134. The number of halogens is 1. The van der Waals surface area contributed by atoms with Crippen molar-refractivity contribution in [2.75, 3.05) is 12.4 Å². The zero-order valence-electron chi connectivity index (χ0n) is 14.8. The summed E-state index contributed by atoms with van der Waals surface area (Å²) in [4.78, 5) is 17.2. The molecule has 1 atom stereocenters. The van der Waals surface area contributed by atoms with Gasteiger partial charge in [-0.2, -0.15) is 0 Å². The summed E-state index contributed by atoms with van der Waals surface area (Å²) in [7, 11) is -3.86. The predicted molar refractivity (Wildman–Crippen MR) is 98.5 cm³/mol. The molecule has 1 aromatic heterocycles. The number of pyridine rings is 1.